The summed E-state index contributed by atoms with van der Waals surface area (Å²) in [6, 6.07) is 8.95. The van der Waals surface area contributed by atoms with Crippen LogP contribution in [0.25, 0.3) is 0 Å². The quantitative estimate of drug-likeness (QED) is 0.322. The fraction of sp³-hybridized carbons (Fsp3) is 0.450. The van der Waals surface area contributed by atoms with Crippen LogP contribution in [-0.2, 0) is 23.9 Å². The summed E-state index contributed by atoms with van der Waals surface area (Å²) >= 11 is 0. The minimum Gasteiger partial charge on any atom is -0.469 e. The fourth-order valence-electron chi connectivity index (χ4n) is 2.97. The molecule has 29 heavy (non-hydrogen) atoms. The molecule has 1 aliphatic rings. The molecule has 2 N–H and O–H groups in total. The monoisotopic (exact) mass is 523 g/mol. The lowest BCUT2D eigenvalue weighted by molar-refractivity contribution is -0.137. The number of nitrogens with one attached hydrogen (secondary N) is 2. The highest BCUT2D eigenvalue weighted by Crippen LogP contribution is 2.29. The van der Waals surface area contributed by atoms with Crippen molar-refractivity contribution in [2.45, 2.75) is 38.1 Å². The third-order valence-electron chi connectivity index (χ3n) is 4.44. The molecule has 1 fully saturated rings. The summed E-state index contributed by atoms with van der Waals surface area (Å²) < 4.78 is 49.5. The molecule has 0 bridgehead atoms. The summed E-state index contributed by atoms with van der Waals surface area (Å²) in [6.07, 6.45) is 0.0906. The number of guanidine groups is 1. The number of hydrogen-bond donors (Lipinski definition) is 2. The van der Waals surface area contributed by atoms with E-state index in [1.165, 1.54) is 6.07 Å². The Hall–Kier alpha value is -1.75. The zero-order chi connectivity index (χ0) is 19.8. The number of hydrogen-bond acceptors (Lipinski definition) is 3. The Labute approximate surface area is 185 Å². The second-order valence-electron chi connectivity index (χ2n) is 6.64. The van der Waals surface area contributed by atoms with Crippen molar-refractivity contribution in [2.75, 3.05) is 19.7 Å². The average molecular weight is 523 g/mol. The van der Waals surface area contributed by atoms with Gasteiger partial charge in [-0.3, -0.25) is 0 Å². The number of benzene rings is 1. The standard InChI is InChI=1S/C20H24F3N3O2.HI/c21-20(22,23)16-5-1-4-15(12-16)13-25-19(26-14-18-7-3-11-28-18)24-9-8-17-6-2-10-27-17;/h1-2,4-6,10,12,18H,3,7-9,11,13-14H2,(H2,24,25,26);1H. The van der Waals surface area contributed by atoms with Crippen molar-refractivity contribution in [1.29, 1.82) is 0 Å². The smallest absolute Gasteiger partial charge is 0.416 e. The Bertz CT molecular complexity index is 761. The van der Waals surface area contributed by atoms with Gasteiger partial charge >= 0.3 is 6.18 Å². The van der Waals surface area contributed by atoms with Crippen molar-refractivity contribution in [3.63, 3.8) is 0 Å². The molecule has 5 nitrogen and oxygen atoms in total. The highest BCUT2D eigenvalue weighted by molar-refractivity contribution is 14.0. The molecule has 2 aromatic rings. The molecule has 0 aliphatic carbocycles. The highest BCUT2D eigenvalue weighted by atomic mass is 127. The molecule has 0 saturated carbocycles. The molecule has 1 aromatic heterocycles. The molecule has 1 atom stereocenters. The van der Waals surface area contributed by atoms with Crippen LogP contribution >= 0.6 is 24.0 Å². The molecular weight excluding hydrogens is 498 g/mol. The van der Waals surface area contributed by atoms with Crippen LogP contribution in [0.5, 0.6) is 0 Å². The van der Waals surface area contributed by atoms with E-state index in [0.29, 0.717) is 31.0 Å². The summed E-state index contributed by atoms with van der Waals surface area (Å²) in [6.45, 7) is 2.10. The fourth-order valence-corrected chi connectivity index (χ4v) is 2.97. The lowest BCUT2D eigenvalue weighted by Crippen LogP contribution is -2.41. The molecule has 0 spiro atoms. The Balaban J connectivity index is 0.00000300. The predicted octanol–water partition coefficient (Wildman–Crippen LogP) is 4.37. The van der Waals surface area contributed by atoms with E-state index in [-0.39, 0.29) is 36.6 Å². The number of alkyl halides is 3. The number of rotatable bonds is 7. The predicted molar refractivity (Wildman–Crippen MR) is 115 cm³/mol. The van der Waals surface area contributed by atoms with E-state index in [1.807, 2.05) is 12.1 Å². The van der Waals surface area contributed by atoms with Gasteiger partial charge in [-0.25, -0.2) is 4.99 Å². The van der Waals surface area contributed by atoms with Gasteiger partial charge in [-0.1, -0.05) is 12.1 Å². The number of aliphatic imine (C=N–C) groups is 1. The van der Waals surface area contributed by atoms with E-state index in [2.05, 4.69) is 15.6 Å². The number of ether oxygens (including phenoxy) is 1. The number of furan rings is 1. The number of halogens is 4. The maximum absolute atomic E-state index is 12.9. The summed E-state index contributed by atoms with van der Waals surface area (Å²) in [7, 11) is 0. The van der Waals surface area contributed by atoms with E-state index < -0.39 is 11.7 Å². The zero-order valence-corrected chi connectivity index (χ0v) is 18.2. The third kappa shape index (κ3) is 7.88. The van der Waals surface area contributed by atoms with Crippen LogP contribution in [0.4, 0.5) is 13.2 Å². The van der Waals surface area contributed by atoms with Gasteiger partial charge in [-0.15, -0.1) is 24.0 Å². The van der Waals surface area contributed by atoms with E-state index in [0.717, 1.165) is 37.3 Å². The molecule has 3 rings (SSSR count). The molecule has 2 heterocycles. The lowest BCUT2D eigenvalue weighted by Gasteiger charge is -2.15. The highest BCUT2D eigenvalue weighted by Gasteiger charge is 2.30. The first-order valence-corrected chi connectivity index (χ1v) is 9.33. The van der Waals surface area contributed by atoms with Crippen LogP contribution in [-0.4, -0.2) is 31.8 Å². The molecule has 0 amide bonds. The second-order valence-corrected chi connectivity index (χ2v) is 6.64. The van der Waals surface area contributed by atoms with Crippen molar-refractivity contribution in [3.05, 3.63) is 59.5 Å². The van der Waals surface area contributed by atoms with Gasteiger partial charge in [0.2, 0.25) is 0 Å². The molecule has 9 heteroatoms. The van der Waals surface area contributed by atoms with E-state index >= 15 is 0 Å². The Morgan fingerprint density at radius 2 is 2.03 bits per heavy atom. The minimum absolute atomic E-state index is 0. The Morgan fingerprint density at radius 3 is 2.72 bits per heavy atom. The lowest BCUT2D eigenvalue weighted by atomic mass is 10.1. The molecule has 160 valence electrons. The van der Waals surface area contributed by atoms with Crippen LogP contribution in [0.15, 0.2) is 52.1 Å². The average Bonchev–Trinajstić information content (AvgIpc) is 3.37. The van der Waals surface area contributed by atoms with E-state index in [1.54, 1.807) is 12.3 Å². The van der Waals surface area contributed by atoms with Crippen LogP contribution in [0.1, 0.15) is 29.7 Å². The van der Waals surface area contributed by atoms with Crippen LogP contribution in [0, 0.1) is 0 Å². The van der Waals surface area contributed by atoms with E-state index in [9.17, 15) is 13.2 Å². The second kappa shape index (κ2) is 11.4. The van der Waals surface area contributed by atoms with Crippen molar-refractivity contribution < 1.29 is 22.3 Å². The third-order valence-corrected chi connectivity index (χ3v) is 4.44. The Morgan fingerprint density at radius 1 is 1.17 bits per heavy atom. The van der Waals surface area contributed by atoms with Gasteiger partial charge in [0.05, 0.1) is 24.5 Å². The van der Waals surface area contributed by atoms with Gasteiger partial charge in [0, 0.05) is 26.1 Å². The first kappa shape index (κ1) is 23.5. The zero-order valence-electron chi connectivity index (χ0n) is 15.9. The SMILES string of the molecule is FC(F)(F)c1cccc(CN=C(NCCc2ccco2)NCC2CCCO2)c1.I. The molecule has 1 aliphatic heterocycles. The topological polar surface area (TPSA) is 58.8 Å². The minimum atomic E-state index is -4.36. The largest absolute Gasteiger partial charge is 0.469 e. The maximum Gasteiger partial charge on any atom is 0.416 e. The summed E-state index contributed by atoms with van der Waals surface area (Å²) in [5, 5.41) is 6.42. The first-order chi connectivity index (χ1) is 13.5. The van der Waals surface area contributed by atoms with Crippen LogP contribution in [0.3, 0.4) is 0 Å². The van der Waals surface area contributed by atoms with E-state index in [4.69, 9.17) is 9.15 Å². The van der Waals surface area contributed by atoms with Crippen molar-refractivity contribution >= 4 is 29.9 Å². The summed E-state index contributed by atoms with van der Waals surface area (Å²) in [5.74, 6) is 1.39. The van der Waals surface area contributed by atoms with Crippen molar-refractivity contribution in [1.82, 2.24) is 10.6 Å². The van der Waals surface area contributed by atoms with Gasteiger partial charge in [-0.2, -0.15) is 13.2 Å². The van der Waals surface area contributed by atoms with Gasteiger partial charge in [-0.05, 0) is 42.7 Å². The molecule has 1 saturated heterocycles. The first-order valence-electron chi connectivity index (χ1n) is 9.33. The van der Waals surface area contributed by atoms with Crippen LogP contribution in [0.2, 0.25) is 0 Å². The van der Waals surface area contributed by atoms with Gasteiger partial charge in [0.1, 0.15) is 5.76 Å². The molecule has 1 unspecified atom stereocenters. The van der Waals surface area contributed by atoms with Gasteiger partial charge < -0.3 is 19.8 Å². The van der Waals surface area contributed by atoms with Crippen molar-refractivity contribution in [3.8, 4) is 0 Å². The molecule has 0 radical (unpaired) electrons. The summed E-state index contributed by atoms with van der Waals surface area (Å²) in [4.78, 5) is 4.44. The van der Waals surface area contributed by atoms with Crippen molar-refractivity contribution in [2.24, 2.45) is 4.99 Å². The summed E-state index contributed by atoms with van der Waals surface area (Å²) in [5.41, 5.74) is -0.168. The van der Waals surface area contributed by atoms with Gasteiger partial charge in [0.15, 0.2) is 5.96 Å². The van der Waals surface area contributed by atoms with Crippen LogP contribution < -0.4 is 10.6 Å². The Kier molecular flexibility index (Phi) is 9.28. The maximum atomic E-state index is 12.9. The number of nitrogens with zero attached hydrogens (tertiary/aromatic N) is 1. The van der Waals surface area contributed by atoms with Gasteiger partial charge in [0.25, 0.3) is 0 Å². The molecular formula is C20H25F3IN3O2. The molecule has 1 aromatic carbocycles. The normalized spacial score (nSPS) is 17.1.